The largest absolute Gasteiger partial charge is 0.397 e. The second kappa shape index (κ2) is 14.9. The van der Waals surface area contributed by atoms with Crippen LogP contribution in [0, 0.1) is 17.1 Å². The molecule has 2 amide bonds. The van der Waals surface area contributed by atoms with Crippen molar-refractivity contribution < 1.29 is 14.0 Å². The third-order valence-corrected chi connectivity index (χ3v) is 9.67. The van der Waals surface area contributed by atoms with Crippen LogP contribution in [0.5, 0.6) is 0 Å². The Morgan fingerprint density at radius 2 is 2.00 bits per heavy atom. The average Bonchev–Trinajstić information content (AvgIpc) is 3.79. The summed E-state index contributed by atoms with van der Waals surface area (Å²) < 4.78 is 13.4. The van der Waals surface area contributed by atoms with Crippen molar-refractivity contribution in [3.63, 3.8) is 0 Å². The Labute approximate surface area is 277 Å². The van der Waals surface area contributed by atoms with Crippen LogP contribution in [0.4, 0.5) is 15.9 Å². The predicted molar refractivity (Wildman–Crippen MR) is 184 cm³/mol. The van der Waals surface area contributed by atoms with Crippen LogP contribution in [0.3, 0.4) is 0 Å². The lowest BCUT2D eigenvalue weighted by Gasteiger charge is -2.32. The molecule has 248 valence electrons. The molecule has 4 heterocycles. The van der Waals surface area contributed by atoms with Crippen LogP contribution < -0.4 is 21.7 Å². The molecule has 0 bridgehead atoms. The summed E-state index contributed by atoms with van der Waals surface area (Å²) in [6.45, 7) is 6.76. The molecule has 2 aliphatic heterocycles. The lowest BCUT2D eigenvalue weighted by molar-refractivity contribution is -0.136. The summed E-state index contributed by atoms with van der Waals surface area (Å²) in [7, 11) is 1.81. The second-order valence-corrected chi connectivity index (χ2v) is 12.6. The zero-order chi connectivity index (χ0) is 33.7. The van der Waals surface area contributed by atoms with E-state index in [1.165, 1.54) is 35.6 Å². The molecule has 12 nitrogen and oxygen atoms in total. The summed E-state index contributed by atoms with van der Waals surface area (Å²) in [6, 6.07) is 8.49. The van der Waals surface area contributed by atoms with E-state index in [-0.39, 0.29) is 35.2 Å². The maximum absolute atomic E-state index is 13.8. The first-order chi connectivity index (χ1) is 22.6. The molecule has 6 N–H and O–H groups in total. The number of benzene rings is 1. The highest BCUT2D eigenvalue weighted by molar-refractivity contribution is 7.14. The Kier molecular flexibility index (Phi) is 10.7. The number of carbonyl (C=O) groups is 2. The quantitative estimate of drug-likeness (QED) is 0.180. The molecular formula is C33H41FN10O2S. The van der Waals surface area contributed by atoms with Crippen molar-refractivity contribution >= 4 is 51.8 Å². The van der Waals surface area contributed by atoms with Gasteiger partial charge in [0.2, 0.25) is 11.8 Å². The molecule has 0 spiro atoms. The molecule has 2 atom stereocenters. The standard InChI is InChI=1S/C33H41FN10O2S/c1-4-44(27-10-9-25(35)29(41-27)28(36)21-5-7-24(34)8-6-21)33(46)23-13-16-43(18-23)20(2)32(45)42-14-11-22(12-15-42)31-39-17-26(47-31)30(37)40-19-38-3/h5-11,17,20,23,36,38H,4,12-16,18-19,35H2,1-3H3,(H2,37,40)/t20?,23-/m1/s1. The summed E-state index contributed by atoms with van der Waals surface area (Å²) >= 11 is 1.50. The van der Waals surface area contributed by atoms with E-state index in [9.17, 15) is 14.0 Å². The molecule has 1 saturated heterocycles. The minimum absolute atomic E-state index is 0.0353. The monoisotopic (exact) mass is 660 g/mol. The normalized spacial score (nSPS) is 17.8. The van der Waals surface area contributed by atoms with Crippen molar-refractivity contribution in [3.8, 4) is 0 Å². The number of nitrogen functional groups attached to an aromatic ring is 1. The molecule has 2 aromatic heterocycles. The lowest BCUT2D eigenvalue weighted by atomic mass is 10.1. The van der Waals surface area contributed by atoms with Crippen LogP contribution in [0.15, 0.2) is 53.7 Å². The number of hydrogen-bond acceptors (Lipinski definition) is 10. The molecule has 2 aliphatic rings. The second-order valence-electron chi connectivity index (χ2n) is 11.6. The topological polar surface area (TPSA) is 170 Å². The fourth-order valence-electron chi connectivity index (χ4n) is 5.82. The molecule has 0 aliphatic carbocycles. The van der Waals surface area contributed by atoms with Gasteiger partial charge in [-0.15, -0.1) is 11.3 Å². The van der Waals surface area contributed by atoms with Gasteiger partial charge in [-0.05, 0) is 82.3 Å². The number of amidine groups is 1. The van der Waals surface area contributed by atoms with E-state index in [0.29, 0.717) is 75.1 Å². The third-order valence-electron chi connectivity index (χ3n) is 8.58. The summed E-state index contributed by atoms with van der Waals surface area (Å²) in [4.78, 5) is 47.0. The molecule has 1 aromatic carbocycles. The molecule has 0 radical (unpaired) electrons. The van der Waals surface area contributed by atoms with Gasteiger partial charge in [0.15, 0.2) is 0 Å². The SMILES string of the molecule is CCN(C(=O)[C@@H]1CCN(C(C)C(=O)N2CC=C(c3ncc(/C(N)=N/CNC)s3)CC2)C1)c1ccc(N)c(C(=N)c2ccc(F)cc2)n1. The molecular weight excluding hydrogens is 619 g/mol. The number of hydrogen-bond donors (Lipinski definition) is 4. The van der Waals surface area contributed by atoms with Gasteiger partial charge in [-0.1, -0.05) is 6.08 Å². The van der Waals surface area contributed by atoms with Crippen LogP contribution >= 0.6 is 11.3 Å². The maximum atomic E-state index is 13.8. The van der Waals surface area contributed by atoms with E-state index >= 15 is 0 Å². The smallest absolute Gasteiger partial charge is 0.239 e. The minimum Gasteiger partial charge on any atom is -0.397 e. The van der Waals surface area contributed by atoms with Gasteiger partial charge < -0.3 is 21.7 Å². The van der Waals surface area contributed by atoms with E-state index in [1.807, 2.05) is 18.7 Å². The zero-order valence-electron chi connectivity index (χ0n) is 26.9. The van der Waals surface area contributed by atoms with E-state index in [1.54, 1.807) is 30.3 Å². The van der Waals surface area contributed by atoms with Crippen LogP contribution in [0.2, 0.25) is 0 Å². The first-order valence-electron chi connectivity index (χ1n) is 15.7. The number of halogens is 1. The number of nitrogens with zero attached hydrogens (tertiary/aromatic N) is 6. The number of thiazole rings is 1. The summed E-state index contributed by atoms with van der Waals surface area (Å²) in [6.07, 6.45) is 5.11. The number of aromatic nitrogens is 2. The van der Waals surface area contributed by atoms with Crippen LogP contribution in [-0.4, -0.2) is 95.6 Å². The average molecular weight is 661 g/mol. The van der Waals surface area contributed by atoms with E-state index in [0.717, 1.165) is 15.5 Å². The van der Waals surface area contributed by atoms with Crippen molar-refractivity contribution in [1.29, 1.82) is 5.41 Å². The van der Waals surface area contributed by atoms with Crippen molar-refractivity contribution in [1.82, 2.24) is 25.1 Å². The lowest BCUT2D eigenvalue weighted by Crippen LogP contribution is -2.48. The first-order valence-corrected chi connectivity index (χ1v) is 16.5. The highest BCUT2D eigenvalue weighted by Gasteiger charge is 2.37. The Hall–Kier alpha value is -4.53. The number of carbonyl (C=O) groups excluding carboxylic acids is 2. The van der Waals surface area contributed by atoms with Crippen molar-refractivity contribution in [2.45, 2.75) is 32.7 Å². The zero-order valence-corrected chi connectivity index (χ0v) is 27.7. The van der Waals surface area contributed by atoms with Crippen LogP contribution in [0.1, 0.15) is 47.8 Å². The predicted octanol–water partition coefficient (Wildman–Crippen LogP) is 2.94. The molecule has 47 heavy (non-hydrogen) atoms. The number of likely N-dealkylation sites (tertiary alicyclic amines) is 1. The summed E-state index contributed by atoms with van der Waals surface area (Å²) in [5.74, 6) is 0.0882. The molecule has 0 saturated carbocycles. The number of anilines is 2. The van der Waals surface area contributed by atoms with Gasteiger partial charge in [0, 0.05) is 37.9 Å². The van der Waals surface area contributed by atoms with Gasteiger partial charge >= 0.3 is 0 Å². The minimum atomic E-state index is -0.401. The van der Waals surface area contributed by atoms with E-state index in [4.69, 9.17) is 16.9 Å². The third kappa shape index (κ3) is 7.56. The number of nitrogens with two attached hydrogens (primary N) is 2. The molecule has 14 heteroatoms. The van der Waals surface area contributed by atoms with Gasteiger partial charge in [-0.2, -0.15) is 0 Å². The number of pyridine rings is 1. The molecule has 1 fully saturated rings. The van der Waals surface area contributed by atoms with Gasteiger partial charge in [0.05, 0.1) is 34.9 Å². The number of aliphatic imine (C=N–C) groups is 1. The van der Waals surface area contributed by atoms with Crippen LogP contribution in [0.25, 0.3) is 5.57 Å². The van der Waals surface area contributed by atoms with Gasteiger partial charge in [0.1, 0.15) is 28.2 Å². The van der Waals surface area contributed by atoms with Crippen molar-refractivity contribution in [2.24, 2.45) is 16.6 Å². The van der Waals surface area contributed by atoms with E-state index in [2.05, 4.69) is 31.3 Å². The summed E-state index contributed by atoms with van der Waals surface area (Å²) in [5, 5.41) is 12.4. The fourth-order valence-corrected chi connectivity index (χ4v) is 6.73. The maximum Gasteiger partial charge on any atom is 0.239 e. The van der Waals surface area contributed by atoms with Crippen molar-refractivity contribution in [3.05, 3.63) is 75.6 Å². The fraction of sp³-hybridized carbons (Fsp3) is 0.394. The molecule has 1 unspecified atom stereocenters. The molecule has 3 aromatic rings. The first kappa shape index (κ1) is 33.8. The Morgan fingerprint density at radius 1 is 1.23 bits per heavy atom. The number of rotatable bonds is 11. The van der Waals surface area contributed by atoms with Gasteiger partial charge in [-0.3, -0.25) is 29.8 Å². The summed E-state index contributed by atoms with van der Waals surface area (Å²) in [5.41, 5.74) is 14.4. The van der Waals surface area contributed by atoms with E-state index < -0.39 is 5.82 Å². The van der Waals surface area contributed by atoms with Gasteiger partial charge in [0.25, 0.3) is 0 Å². The Morgan fingerprint density at radius 3 is 2.68 bits per heavy atom. The highest BCUT2D eigenvalue weighted by atomic mass is 32.1. The van der Waals surface area contributed by atoms with Gasteiger partial charge in [-0.25, -0.2) is 14.4 Å². The highest BCUT2D eigenvalue weighted by Crippen LogP contribution is 2.29. The van der Waals surface area contributed by atoms with Crippen molar-refractivity contribution in [2.75, 3.05) is 57.1 Å². The Balaban J connectivity index is 1.20. The molecule has 5 rings (SSSR count). The number of nitrogens with one attached hydrogen (secondary N) is 2. The number of amides is 2. The Bertz CT molecular complexity index is 1690. The van der Waals surface area contributed by atoms with Crippen LogP contribution in [-0.2, 0) is 9.59 Å².